The highest BCUT2D eigenvalue weighted by Crippen LogP contribution is 2.22. The van der Waals surface area contributed by atoms with Gasteiger partial charge < -0.3 is 10.2 Å². The Hall–Kier alpha value is -3.07. The number of nitrogens with one attached hydrogen (secondary N) is 1. The first-order valence-corrected chi connectivity index (χ1v) is 15.7. The van der Waals surface area contributed by atoms with Crippen LogP contribution in [-0.2, 0) is 32.6 Å². The second-order valence-corrected chi connectivity index (χ2v) is 12.7. The van der Waals surface area contributed by atoms with E-state index in [2.05, 4.69) is 5.32 Å². The number of carbonyl (C=O) groups excluding carboxylic acids is 2. The van der Waals surface area contributed by atoms with Gasteiger partial charge in [-0.2, -0.15) is 0 Å². The molecule has 1 N–H and O–H groups in total. The lowest BCUT2D eigenvalue weighted by atomic mass is 10.0. The van der Waals surface area contributed by atoms with Crippen LogP contribution in [0.1, 0.15) is 37.8 Å². The maximum absolute atomic E-state index is 13.8. The van der Waals surface area contributed by atoms with Crippen LogP contribution in [0.2, 0.25) is 10.0 Å². The van der Waals surface area contributed by atoms with E-state index in [-0.39, 0.29) is 43.8 Å². The van der Waals surface area contributed by atoms with E-state index >= 15 is 0 Å². The summed E-state index contributed by atoms with van der Waals surface area (Å²) >= 11 is 12.2. The van der Waals surface area contributed by atoms with E-state index in [1.54, 1.807) is 47.4 Å². The van der Waals surface area contributed by atoms with Crippen molar-refractivity contribution < 1.29 is 18.0 Å². The van der Waals surface area contributed by atoms with Crippen LogP contribution >= 0.6 is 23.2 Å². The quantitative estimate of drug-likeness (QED) is 0.271. The molecule has 0 aliphatic rings. The summed E-state index contributed by atoms with van der Waals surface area (Å²) < 4.78 is 26.3. The molecule has 3 rings (SSSR count). The Morgan fingerprint density at radius 2 is 1.52 bits per heavy atom. The molecule has 10 heteroatoms. The summed E-state index contributed by atoms with van der Waals surface area (Å²) in [6, 6.07) is 22.3. The molecule has 3 aromatic carbocycles. The Morgan fingerprint density at radius 3 is 2.12 bits per heavy atom. The number of halogens is 2. The number of anilines is 1. The Bertz CT molecular complexity index is 1380. The summed E-state index contributed by atoms with van der Waals surface area (Å²) in [6.07, 6.45) is 1.75. The molecule has 0 saturated heterocycles. The Labute approximate surface area is 247 Å². The molecular weight excluding hydrogens is 569 g/mol. The number of nitrogens with zero attached hydrogens (tertiary/aromatic N) is 2. The number of benzene rings is 3. The zero-order chi connectivity index (χ0) is 29.3. The van der Waals surface area contributed by atoms with Crippen LogP contribution in [-0.4, -0.2) is 50.0 Å². The zero-order valence-corrected chi connectivity index (χ0v) is 25.2. The molecule has 0 aliphatic heterocycles. The fourth-order valence-corrected chi connectivity index (χ4v) is 5.68. The molecule has 0 heterocycles. The van der Waals surface area contributed by atoms with Crippen LogP contribution in [0, 0.1) is 0 Å². The first kappa shape index (κ1) is 31.5. The van der Waals surface area contributed by atoms with Gasteiger partial charge in [0.2, 0.25) is 21.8 Å². The van der Waals surface area contributed by atoms with Crippen molar-refractivity contribution in [3.63, 3.8) is 0 Å². The number of rotatable bonds is 13. The molecule has 2 amide bonds. The Morgan fingerprint density at radius 1 is 0.875 bits per heavy atom. The minimum Gasteiger partial charge on any atom is -0.352 e. The van der Waals surface area contributed by atoms with Gasteiger partial charge in [0.15, 0.2) is 0 Å². The first-order chi connectivity index (χ1) is 18.9. The SMILES string of the molecule is CC(C)NC(=O)[C@@H](Cc1ccccc1)N(Cc1cccc(Cl)c1)C(=O)CCCN(c1ccc(Cl)cc1)S(C)(=O)=O. The van der Waals surface area contributed by atoms with Crippen molar-refractivity contribution in [2.45, 2.75) is 51.7 Å². The van der Waals surface area contributed by atoms with E-state index in [1.165, 1.54) is 4.31 Å². The third-order valence-corrected chi connectivity index (χ3v) is 7.89. The van der Waals surface area contributed by atoms with Crippen LogP contribution in [0.5, 0.6) is 0 Å². The number of carbonyl (C=O) groups is 2. The molecular formula is C30H35Cl2N3O4S. The molecule has 7 nitrogen and oxygen atoms in total. The van der Waals surface area contributed by atoms with Crippen LogP contribution in [0.15, 0.2) is 78.9 Å². The van der Waals surface area contributed by atoms with Crippen molar-refractivity contribution >= 4 is 50.7 Å². The van der Waals surface area contributed by atoms with E-state index in [1.807, 2.05) is 50.2 Å². The number of hydrogen-bond donors (Lipinski definition) is 1. The lowest BCUT2D eigenvalue weighted by Gasteiger charge is -2.32. The van der Waals surface area contributed by atoms with Gasteiger partial charge in [0.1, 0.15) is 6.04 Å². The van der Waals surface area contributed by atoms with Crippen molar-refractivity contribution in [1.29, 1.82) is 0 Å². The average molecular weight is 605 g/mol. The summed E-state index contributed by atoms with van der Waals surface area (Å²) in [7, 11) is -3.60. The van der Waals surface area contributed by atoms with Gasteiger partial charge in [0, 0.05) is 42.0 Å². The standard InChI is InChI=1S/C30H35Cl2N3O4S/c1-22(2)33-30(37)28(20-23-9-5-4-6-10-23)34(21-24-11-7-12-26(32)19-24)29(36)13-8-18-35(40(3,38)39)27-16-14-25(31)15-17-27/h4-7,9-12,14-17,19,22,28H,8,13,18,20-21H2,1-3H3,(H,33,37)/t28-/m1/s1. The van der Waals surface area contributed by atoms with Gasteiger partial charge in [-0.1, -0.05) is 65.7 Å². The number of hydrogen-bond acceptors (Lipinski definition) is 4. The molecule has 0 spiro atoms. The largest absolute Gasteiger partial charge is 0.352 e. The molecule has 1 atom stereocenters. The smallest absolute Gasteiger partial charge is 0.243 e. The first-order valence-electron chi connectivity index (χ1n) is 13.1. The zero-order valence-electron chi connectivity index (χ0n) is 22.9. The van der Waals surface area contributed by atoms with Crippen molar-refractivity contribution in [3.05, 3.63) is 100 Å². The van der Waals surface area contributed by atoms with Crippen LogP contribution in [0.25, 0.3) is 0 Å². The molecule has 40 heavy (non-hydrogen) atoms. The molecule has 0 radical (unpaired) electrons. The molecule has 3 aromatic rings. The molecule has 0 unspecified atom stereocenters. The van der Waals surface area contributed by atoms with Crippen LogP contribution in [0.3, 0.4) is 0 Å². The lowest BCUT2D eigenvalue weighted by Crippen LogP contribution is -2.51. The van der Waals surface area contributed by atoms with Gasteiger partial charge in [-0.15, -0.1) is 0 Å². The van der Waals surface area contributed by atoms with Crippen LogP contribution < -0.4 is 9.62 Å². The van der Waals surface area contributed by atoms with E-state index in [0.29, 0.717) is 22.2 Å². The lowest BCUT2D eigenvalue weighted by molar-refractivity contribution is -0.141. The highest BCUT2D eigenvalue weighted by Gasteiger charge is 2.31. The molecule has 0 aromatic heterocycles. The molecule has 0 saturated carbocycles. The topological polar surface area (TPSA) is 86.8 Å². The van der Waals surface area contributed by atoms with Crippen molar-refractivity contribution in [1.82, 2.24) is 10.2 Å². The predicted octanol–water partition coefficient (Wildman–Crippen LogP) is 5.70. The fourth-order valence-electron chi connectivity index (χ4n) is 4.38. The third kappa shape index (κ3) is 9.54. The summed E-state index contributed by atoms with van der Waals surface area (Å²) in [5.74, 6) is -0.516. The van der Waals surface area contributed by atoms with Gasteiger partial charge in [0.25, 0.3) is 0 Å². The van der Waals surface area contributed by atoms with Gasteiger partial charge in [-0.3, -0.25) is 13.9 Å². The molecule has 0 fully saturated rings. The highest BCUT2D eigenvalue weighted by atomic mass is 35.5. The van der Waals surface area contributed by atoms with E-state index in [0.717, 1.165) is 17.4 Å². The Balaban J connectivity index is 1.87. The average Bonchev–Trinajstić information content (AvgIpc) is 2.89. The van der Waals surface area contributed by atoms with Crippen molar-refractivity contribution in [2.24, 2.45) is 0 Å². The van der Waals surface area contributed by atoms with Crippen LogP contribution in [0.4, 0.5) is 5.69 Å². The summed E-state index contributed by atoms with van der Waals surface area (Å²) in [4.78, 5) is 28.8. The van der Waals surface area contributed by atoms with E-state index in [9.17, 15) is 18.0 Å². The van der Waals surface area contributed by atoms with Crippen molar-refractivity contribution in [3.8, 4) is 0 Å². The van der Waals surface area contributed by atoms with Gasteiger partial charge >= 0.3 is 0 Å². The second kappa shape index (κ2) is 14.5. The second-order valence-electron chi connectivity index (χ2n) is 9.94. The summed E-state index contributed by atoms with van der Waals surface area (Å²) in [6.45, 7) is 4.02. The minimum atomic E-state index is -3.60. The third-order valence-electron chi connectivity index (χ3n) is 6.21. The Kier molecular flexibility index (Phi) is 11.4. The monoisotopic (exact) mass is 603 g/mol. The van der Waals surface area contributed by atoms with Gasteiger partial charge in [-0.05, 0) is 67.8 Å². The van der Waals surface area contributed by atoms with Gasteiger partial charge in [-0.25, -0.2) is 8.42 Å². The fraction of sp³-hybridized carbons (Fsp3) is 0.333. The maximum Gasteiger partial charge on any atom is 0.243 e. The number of sulfonamides is 1. The van der Waals surface area contributed by atoms with Gasteiger partial charge in [0.05, 0.1) is 11.9 Å². The van der Waals surface area contributed by atoms with Crippen molar-refractivity contribution in [2.75, 3.05) is 17.1 Å². The molecule has 0 bridgehead atoms. The van der Waals surface area contributed by atoms with E-state index in [4.69, 9.17) is 23.2 Å². The number of amides is 2. The molecule has 214 valence electrons. The normalized spacial score (nSPS) is 12.2. The summed E-state index contributed by atoms with van der Waals surface area (Å²) in [5, 5.41) is 3.98. The minimum absolute atomic E-state index is 0.0421. The summed E-state index contributed by atoms with van der Waals surface area (Å²) in [5.41, 5.74) is 2.17. The maximum atomic E-state index is 13.8. The highest BCUT2D eigenvalue weighted by molar-refractivity contribution is 7.92. The van der Waals surface area contributed by atoms with E-state index < -0.39 is 16.1 Å². The predicted molar refractivity (Wildman–Crippen MR) is 162 cm³/mol. The molecule has 0 aliphatic carbocycles.